The van der Waals surface area contributed by atoms with E-state index >= 15 is 0 Å². The van der Waals surface area contributed by atoms with Crippen molar-refractivity contribution in [1.82, 2.24) is 0 Å². The second-order valence-corrected chi connectivity index (χ2v) is 6.22. The number of sulfonamides is 1. The van der Waals surface area contributed by atoms with Crippen LogP contribution < -0.4 is 15.8 Å². The van der Waals surface area contributed by atoms with Gasteiger partial charge in [-0.25, -0.2) is 22.7 Å². The number of primary sulfonamides is 1. The summed E-state index contributed by atoms with van der Waals surface area (Å²) in [6.45, 7) is 0. The molecule has 2 aromatic carbocycles. The predicted octanol–water partition coefficient (Wildman–Crippen LogP) is 2.77. The summed E-state index contributed by atoms with van der Waals surface area (Å²) in [7, 11) is -3.80. The van der Waals surface area contributed by atoms with Gasteiger partial charge in [-0.3, -0.25) is 0 Å². The monoisotopic (exact) mass is 343 g/mol. The first-order valence-electron chi connectivity index (χ1n) is 5.92. The topological polar surface area (TPSA) is 101 Å². The van der Waals surface area contributed by atoms with Gasteiger partial charge in [0.2, 0.25) is 10.0 Å². The molecule has 2 aromatic rings. The molecule has 0 unspecified atom stereocenters. The smallest absolute Gasteiger partial charge is 0.308 e. The standard InChI is InChI=1S/C13H11ClFN3O3S/c14-10-2-1-3-11(12(10)15)18-13(19)17-8-4-6-9(7-5-8)22(16,20)21/h1-7H,(H2,16,20,21)(H2,17,18,19). The number of carbonyl (C=O) groups excluding carboxylic acids is 1. The van der Waals surface area contributed by atoms with Gasteiger partial charge < -0.3 is 10.6 Å². The Kier molecular flexibility index (Phi) is 4.65. The zero-order valence-corrected chi connectivity index (χ0v) is 12.6. The van der Waals surface area contributed by atoms with E-state index in [1.54, 1.807) is 0 Å². The number of urea groups is 1. The predicted molar refractivity (Wildman–Crippen MR) is 81.9 cm³/mol. The lowest BCUT2D eigenvalue weighted by molar-refractivity contribution is 0.262. The van der Waals surface area contributed by atoms with Crippen LogP contribution in [0.3, 0.4) is 0 Å². The van der Waals surface area contributed by atoms with E-state index in [0.717, 1.165) is 0 Å². The fraction of sp³-hybridized carbons (Fsp3) is 0. The van der Waals surface area contributed by atoms with E-state index in [4.69, 9.17) is 16.7 Å². The minimum absolute atomic E-state index is 0.0776. The molecular weight excluding hydrogens is 333 g/mol. The number of rotatable bonds is 3. The summed E-state index contributed by atoms with van der Waals surface area (Å²) in [5, 5.41) is 9.56. The number of carbonyl (C=O) groups is 1. The molecule has 116 valence electrons. The fourth-order valence-electron chi connectivity index (χ4n) is 1.61. The first-order chi connectivity index (χ1) is 10.3. The van der Waals surface area contributed by atoms with Crippen LogP contribution in [0.4, 0.5) is 20.6 Å². The Bertz CT molecular complexity index is 810. The highest BCUT2D eigenvalue weighted by Gasteiger charge is 2.11. The molecule has 0 saturated heterocycles. The lowest BCUT2D eigenvalue weighted by Gasteiger charge is -2.09. The number of hydrogen-bond donors (Lipinski definition) is 3. The molecule has 0 radical (unpaired) electrons. The van der Waals surface area contributed by atoms with Crippen LogP contribution in [-0.2, 0) is 10.0 Å². The van der Waals surface area contributed by atoms with Crippen LogP contribution in [-0.4, -0.2) is 14.4 Å². The largest absolute Gasteiger partial charge is 0.323 e. The zero-order chi connectivity index (χ0) is 16.3. The number of halogens is 2. The van der Waals surface area contributed by atoms with Crippen LogP contribution in [0.5, 0.6) is 0 Å². The van der Waals surface area contributed by atoms with Gasteiger partial charge in [-0.15, -0.1) is 0 Å². The maximum atomic E-state index is 13.6. The van der Waals surface area contributed by atoms with Gasteiger partial charge in [-0.1, -0.05) is 17.7 Å². The van der Waals surface area contributed by atoms with Crippen LogP contribution in [0, 0.1) is 5.82 Å². The van der Waals surface area contributed by atoms with Crippen molar-refractivity contribution < 1.29 is 17.6 Å². The van der Waals surface area contributed by atoms with E-state index < -0.39 is 21.9 Å². The summed E-state index contributed by atoms with van der Waals surface area (Å²) < 4.78 is 35.8. The van der Waals surface area contributed by atoms with Gasteiger partial charge in [0.25, 0.3) is 0 Å². The van der Waals surface area contributed by atoms with Crippen LogP contribution >= 0.6 is 11.6 Å². The van der Waals surface area contributed by atoms with Gasteiger partial charge in [0.15, 0.2) is 5.82 Å². The molecule has 0 heterocycles. The zero-order valence-electron chi connectivity index (χ0n) is 11.0. The third-order valence-electron chi connectivity index (χ3n) is 2.64. The van der Waals surface area contributed by atoms with Gasteiger partial charge in [0, 0.05) is 5.69 Å². The van der Waals surface area contributed by atoms with Crippen molar-refractivity contribution in [2.45, 2.75) is 4.90 Å². The summed E-state index contributed by atoms with van der Waals surface area (Å²) in [6, 6.07) is 8.68. The van der Waals surface area contributed by atoms with Crippen molar-refractivity contribution in [3.63, 3.8) is 0 Å². The Morgan fingerprint density at radius 1 is 1.09 bits per heavy atom. The molecule has 0 aromatic heterocycles. The average Bonchev–Trinajstić information content (AvgIpc) is 2.43. The first kappa shape index (κ1) is 16.2. The number of hydrogen-bond acceptors (Lipinski definition) is 3. The van der Waals surface area contributed by atoms with Crippen LogP contribution in [0.2, 0.25) is 5.02 Å². The Morgan fingerprint density at radius 2 is 1.73 bits per heavy atom. The Balaban J connectivity index is 2.08. The van der Waals surface area contributed by atoms with Crippen molar-refractivity contribution in [2.24, 2.45) is 5.14 Å². The summed E-state index contributed by atoms with van der Waals surface area (Å²) >= 11 is 5.60. The van der Waals surface area contributed by atoms with Gasteiger partial charge in [-0.05, 0) is 36.4 Å². The minimum atomic E-state index is -3.80. The molecule has 0 aliphatic heterocycles. The van der Waals surface area contributed by atoms with E-state index in [1.807, 2.05) is 0 Å². The summed E-state index contributed by atoms with van der Waals surface area (Å²) in [6.07, 6.45) is 0. The number of anilines is 2. The lowest BCUT2D eigenvalue weighted by Crippen LogP contribution is -2.20. The van der Waals surface area contributed by atoms with E-state index in [1.165, 1.54) is 42.5 Å². The molecular formula is C13H11ClFN3O3S. The first-order valence-corrected chi connectivity index (χ1v) is 7.84. The average molecular weight is 344 g/mol. The van der Waals surface area contributed by atoms with E-state index in [0.29, 0.717) is 5.69 Å². The van der Waals surface area contributed by atoms with Crippen molar-refractivity contribution >= 4 is 39.0 Å². The van der Waals surface area contributed by atoms with Crippen molar-refractivity contribution in [2.75, 3.05) is 10.6 Å². The molecule has 22 heavy (non-hydrogen) atoms. The maximum absolute atomic E-state index is 13.6. The molecule has 0 aliphatic carbocycles. The molecule has 0 fully saturated rings. The van der Waals surface area contributed by atoms with Crippen molar-refractivity contribution in [1.29, 1.82) is 0 Å². The molecule has 9 heteroatoms. The number of nitrogens with one attached hydrogen (secondary N) is 2. The van der Waals surface area contributed by atoms with Gasteiger partial charge >= 0.3 is 6.03 Å². The lowest BCUT2D eigenvalue weighted by atomic mass is 10.3. The second kappa shape index (κ2) is 6.30. The highest BCUT2D eigenvalue weighted by Crippen LogP contribution is 2.22. The van der Waals surface area contributed by atoms with E-state index in [9.17, 15) is 17.6 Å². The molecule has 0 spiro atoms. The van der Waals surface area contributed by atoms with Gasteiger partial charge in [0.1, 0.15) is 0 Å². The number of amides is 2. The molecule has 2 amide bonds. The minimum Gasteiger partial charge on any atom is -0.308 e. The van der Waals surface area contributed by atoms with E-state index in [-0.39, 0.29) is 15.6 Å². The van der Waals surface area contributed by atoms with Crippen LogP contribution in [0.1, 0.15) is 0 Å². The molecule has 2 rings (SSSR count). The van der Waals surface area contributed by atoms with Crippen molar-refractivity contribution in [3.05, 3.63) is 53.3 Å². The number of nitrogens with two attached hydrogens (primary N) is 1. The number of benzene rings is 2. The quantitative estimate of drug-likeness (QED) is 0.798. The van der Waals surface area contributed by atoms with Crippen molar-refractivity contribution in [3.8, 4) is 0 Å². The molecule has 6 nitrogen and oxygen atoms in total. The second-order valence-electron chi connectivity index (χ2n) is 4.25. The van der Waals surface area contributed by atoms with Crippen LogP contribution in [0.15, 0.2) is 47.4 Å². The molecule has 0 atom stereocenters. The Hall–Kier alpha value is -2.16. The van der Waals surface area contributed by atoms with E-state index in [2.05, 4.69) is 10.6 Å². The molecule has 0 aliphatic rings. The maximum Gasteiger partial charge on any atom is 0.323 e. The fourth-order valence-corrected chi connectivity index (χ4v) is 2.30. The molecule has 4 N–H and O–H groups in total. The van der Waals surface area contributed by atoms with Crippen LogP contribution in [0.25, 0.3) is 0 Å². The molecule has 0 saturated carbocycles. The SMILES string of the molecule is NS(=O)(=O)c1ccc(NC(=O)Nc2cccc(Cl)c2F)cc1. The Labute approximate surface area is 131 Å². The van der Waals surface area contributed by atoms with Gasteiger partial charge in [0.05, 0.1) is 15.6 Å². The third-order valence-corrected chi connectivity index (χ3v) is 3.86. The third kappa shape index (κ3) is 3.94. The summed E-state index contributed by atoms with van der Waals surface area (Å²) in [4.78, 5) is 11.7. The highest BCUT2D eigenvalue weighted by molar-refractivity contribution is 7.89. The Morgan fingerprint density at radius 3 is 2.32 bits per heavy atom. The summed E-state index contributed by atoms with van der Waals surface area (Å²) in [5.41, 5.74) is 0.235. The van der Waals surface area contributed by atoms with Gasteiger partial charge in [-0.2, -0.15) is 0 Å². The highest BCUT2D eigenvalue weighted by atomic mass is 35.5. The molecule has 0 bridgehead atoms. The normalized spacial score (nSPS) is 11.0. The summed E-state index contributed by atoms with van der Waals surface area (Å²) in [5.74, 6) is -0.746.